The normalized spacial score (nSPS) is 31.9. The Morgan fingerprint density at radius 2 is 2.00 bits per heavy atom. The molecule has 0 aliphatic carbocycles. The van der Waals surface area contributed by atoms with Crippen molar-refractivity contribution in [2.24, 2.45) is 0 Å². The van der Waals surface area contributed by atoms with Crippen LogP contribution in [0.1, 0.15) is 13.8 Å². The first-order valence-electron chi connectivity index (χ1n) is 7.34. The van der Waals surface area contributed by atoms with Crippen LogP contribution in [0.5, 0.6) is 0 Å². The molecule has 0 radical (unpaired) electrons. The Balaban J connectivity index is 1.89. The third-order valence-electron chi connectivity index (χ3n) is 4.18. The SMILES string of the molecule is CC1(C)O[C@H]2[C@H]([C@H](CO)S(=O)(=O)c3ccccc3)NC[C@H]2O1. The first-order chi connectivity index (χ1) is 10.3. The molecule has 0 aromatic heterocycles. The van der Waals surface area contributed by atoms with Gasteiger partial charge in [0.25, 0.3) is 0 Å². The Morgan fingerprint density at radius 1 is 1.32 bits per heavy atom. The predicted molar refractivity (Wildman–Crippen MR) is 80.1 cm³/mol. The topological polar surface area (TPSA) is 84.9 Å². The largest absolute Gasteiger partial charge is 0.395 e. The molecule has 0 saturated carbocycles. The second-order valence-electron chi connectivity index (χ2n) is 6.15. The van der Waals surface area contributed by atoms with Gasteiger partial charge in [0.05, 0.1) is 17.5 Å². The van der Waals surface area contributed by atoms with E-state index in [9.17, 15) is 13.5 Å². The zero-order chi connectivity index (χ0) is 16.0. The van der Waals surface area contributed by atoms with Gasteiger partial charge in [0, 0.05) is 6.54 Å². The van der Waals surface area contributed by atoms with Gasteiger partial charge in [-0.2, -0.15) is 0 Å². The molecule has 7 heteroatoms. The van der Waals surface area contributed by atoms with E-state index in [4.69, 9.17) is 9.47 Å². The average Bonchev–Trinajstić information content (AvgIpc) is 2.97. The molecule has 122 valence electrons. The molecule has 1 aromatic rings. The minimum atomic E-state index is -3.66. The highest BCUT2D eigenvalue weighted by Crippen LogP contribution is 2.35. The van der Waals surface area contributed by atoms with Crippen molar-refractivity contribution in [1.82, 2.24) is 5.32 Å². The first-order valence-corrected chi connectivity index (χ1v) is 8.88. The van der Waals surface area contributed by atoms with Gasteiger partial charge >= 0.3 is 0 Å². The minimum Gasteiger partial charge on any atom is -0.395 e. The molecule has 4 atom stereocenters. The second-order valence-corrected chi connectivity index (χ2v) is 8.32. The van der Waals surface area contributed by atoms with E-state index in [1.165, 1.54) is 0 Å². The van der Waals surface area contributed by atoms with E-state index in [0.717, 1.165) is 0 Å². The quantitative estimate of drug-likeness (QED) is 0.828. The fourth-order valence-corrected chi connectivity index (χ4v) is 4.95. The number of sulfone groups is 1. The summed E-state index contributed by atoms with van der Waals surface area (Å²) >= 11 is 0. The van der Waals surface area contributed by atoms with Crippen LogP contribution >= 0.6 is 0 Å². The average molecular weight is 327 g/mol. The van der Waals surface area contributed by atoms with Crippen LogP contribution in [-0.2, 0) is 19.3 Å². The fourth-order valence-electron chi connectivity index (χ4n) is 3.23. The van der Waals surface area contributed by atoms with Gasteiger partial charge in [-0.25, -0.2) is 8.42 Å². The van der Waals surface area contributed by atoms with E-state index >= 15 is 0 Å². The maximum Gasteiger partial charge on any atom is 0.185 e. The zero-order valence-corrected chi connectivity index (χ0v) is 13.4. The van der Waals surface area contributed by atoms with Gasteiger partial charge in [-0.1, -0.05) is 18.2 Å². The van der Waals surface area contributed by atoms with Crippen molar-refractivity contribution in [2.45, 2.75) is 48.0 Å². The molecule has 2 aliphatic heterocycles. The second kappa shape index (κ2) is 5.58. The zero-order valence-electron chi connectivity index (χ0n) is 12.6. The number of aliphatic hydroxyl groups excluding tert-OH is 1. The lowest BCUT2D eigenvalue weighted by molar-refractivity contribution is -0.153. The van der Waals surface area contributed by atoms with Gasteiger partial charge < -0.3 is 19.9 Å². The smallest absolute Gasteiger partial charge is 0.185 e. The van der Waals surface area contributed by atoms with E-state index in [2.05, 4.69) is 5.32 Å². The van der Waals surface area contributed by atoms with Gasteiger partial charge in [-0.05, 0) is 26.0 Å². The van der Waals surface area contributed by atoms with Crippen molar-refractivity contribution in [1.29, 1.82) is 0 Å². The highest BCUT2D eigenvalue weighted by molar-refractivity contribution is 7.92. The van der Waals surface area contributed by atoms with Crippen LogP contribution in [0, 0.1) is 0 Å². The monoisotopic (exact) mass is 327 g/mol. The summed E-state index contributed by atoms with van der Waals surface area (Å²) in [6, 6.07) is 7.69. The van der Waals surface area contributed by atoms with Gasteiger partial charge in [0.2, 0.25) is 0 Å². The molecule has 3 rings (SSSR count). The van der Waals surface area contributed by atoms with E-state index in [0.29, 0.717) is 6.54 Å². The lowest BCUT2D eigenvalue weighted by atomic mass is 10.1. The molecule has 1 aromatic carbocycles. The van der Waals surface area contributed by atoms with Crippen LogP contribution in [0.4, 0.5) is 0 Å². The van der Waals surface area contributed by atoms with Crippen LogP contribution in [-0.4, -0.2) is 56.0 Å². The molecular weight excluding hydrogens is 306 g/mol. The molecule has 2 fully saturated rings. The predicted octanol–water partition coefficient (Wildman–Crippen LogP) is 0.313. The van der Waals surface area contributed by atoms with Crippen molar-refractivity contribution >= 4 is 9.84 Å². The summed E-state index contributed by atoms with van der Waals surface area (Å²) in [6.07, 6.45) is -0.578. The van der Waals surface area contributed by atoms with Gasteiger partial charge in [0.15, 0.2) is 15.6 Å². The van der Waals surface area contributed by atoms with Crippen LogP contribution in [0.3, 0.4) is 0 Å². The summed E-state index contributed by atoms with van der Waals surface area (Å²) in [5.74, 6) is -0.730. The third kappa shape index (κ3) is 2.68. The Labute approximate surface area is 130 Å². The van der Waals surface area contributed by atoms with Gasteiger partial charge in [-0.3, -0.25) is 0 Å². The number of nitrogens with one attached hydrogen (secondary N) is 1. The Hall–Kier alpha value is -0.990. The molecule has 0 bridgehead atoms. The standard InChI is InChI=1S/C15H21NO5S/c1-15(2)20-11-8-16-13(14(11)21-15)12(9-17)22(18,19)10-6-4-3-5-7-10/h3-7,11-14,16-17H,8-9H2,1-2H3/t11-,12+,13+,14-/m1/s1. The third-order valence-corrected chi connectivity index (χ3v) is 6.35. The molecular formula is C15H21NO5S. The van der Waals surface area contributed by atoms with E-state index < -0.39 is 33.5 Å². The Bertz CT molecular complexity index is 631. The van der Waals surface area contributed by atoms with Crippen molar-refractivity contribution in [2.75, 3.05) is 13.2 Å². The fraction of sp³-hybridized carbons (Fsp3) is 0.600. The maximum absolute atomic E-state index is 12.8. The molecule has 0 spiro atoms. The lowest BCUT2D eigenvalue weighted by Gasteiger charge is -2.27. The van der Waals surface area contributed by atoms with E-state index in [1.807, 2.05) is 13.8 Å². The number of aliphatic hydroxyl groups is 1. The molecule has 0 unspecified atom stereocenters. The van der Waals surface area contributed by atoms with Crippen LogP contribution in [0.15, 0.2) is 35.2 Å². The number of fused-ring (bicyclic) bond motifs is 1. The summed E-state index contributed by atoms with van der Waals surface area (Å²) in [5.41, 5.74) is 0. The molecule has 2 saturated heterocycles. The molecule has 2 N–H and O–H groups in total. The number of ether oxygens (including phenoxy) is 2. The lowest BCUT2D eigenvalue weighted by Crippen LogP contribution is -2.49. The van der Waals surface area contributed by atoms with E-state index in [1.54, 1.807) is 30.3 Å². The molecule has 0 amide bonds. The van der Waals surface area contributed by atoms with Crippen molar-refractivity contribution in [3.05, 3.63) is 30.3 Å². The van der Waals surface area contributed by atoms with E-state index in [-0.39, 0.29) is 17.1 Å². The number of hydrogen-bond acceptors (Lipinski definition) is 6. The van der Waals surface area contributed by atoms with Crippen molar-refractivity contribution < 1.29 is 23.0 Å². The molecule has 2 heterocycles. The van der Waals surface area contributed by atoms with Gasteiger partial charge in [0.1, 0.15) is 17.5 Å². The molecule has 22 heavy (non-hydrogen) atoms. The summed E-state index contributed by atoms with van der Waals surface area (Å²) in [5, 5.41) is 11.9. The summed E-state index contributed by atoms with van der Waals surface area (Å²) in [4.78, 5) is 0.206. The number of benzene rings is 1. The Kier molecular flexibility index (Phi) is 4.03. The maximum atomic E-state index is 12.8. The highest BCUT2D eigenvalue weighted by Gasteiger charge is 2.53. The molecule has 6 nitrogen and oxygen atoms in total. The van der Waals surface area contributed by atoms with Crippen LogP contribution in [0.25, 0.3) is 0 Å². The summed E-state index contributed by atoms with van der Waals surface area (Å²) in [7, 11) is -3.66. The Morgan fingerprint density at radius 3 is 2.64 bits per heavy atom. The van der Waals surface area contributed by atoms with Crippen LogP contribution < -0.4 is 5.32 Å². The highest BCUT2D eigenvalue weighted by atomic mass is 32.2. The van der Waals surface area contributed by atoms with Crippen molar-refractivity contribution in [3.8, 4) is 0 Å². The number of rotatable bonds is 4. The summed E-state index contributed by atoms with van der Waals surface area (Å²) < 4.78 is 37.2. The van der Waals surface area contributed by atoms with Crippen LogP contribution in [0.2, 0.25) is 0 Å². The van der Waals surface area contributed by atoms with Gasteiger partial charge in [-0.15, -0.1) is 0 Å². The minimum absolute atomic E-state index is 0.194. The number of hydrogen-bond donors (Lipinski definition) is 2. The van der Waals surface area contributed by atoms with Crippen molar-refractivity contribution in [3.63, 3.8) is 0 Å². The summed E-state index contributed by atoms with van der Waals surface area (Å²) in [6.45, 7) is 3.66. The molecule has 2 aliphatic rings. The first kappa shape index (κ1) is 15.9.